The lowest BCUT2D eigenvalue weighted by Crippen LogP contribution is -2.40. The van der Waals surface area contributed by atoms with Crippen molar-refractivity contribution in [1.82, 2.24) is 41.5 Å². The lowest BCUT2D eigenvalue weighted by molar-refractivity contribution is -0.130. The number of carbonyl (C=O) groups excluding carboxylic acids is 1. The first-order valence-electron chi connectivity index (χ1n) is 11.1. The first-order valence-corrected chi connectivity index (χ1v) is 11.1. The standard InChI is InChI=1S/C22H25N9O2/c1-12-20(25-22(23-12)24-15-8-13-4-2-3-5-14(13)9-15)21-29-28-18(33-21)10-19(32)31-7-6-16-17(11-31)27-30-26-16/h2-5,15,26-27,30H,6-11H2,1H3,(H2,23,24,25). The van der Waals surface area contributed by atoms with Crippen molar-refractivity contribution in [2.24, 2.45) is 0 Å². The van der Waals surface area contributed by atoms with Gasteiger partial charge in [-0.05, 0) is 30.9 Å². The van der Waals surface area contributed by atoms with Crippen LogP contribution in [0.4, 0.5) is 5.95 Å². The predicted molar refractivity (Wildman–Crippen MR) is 119 cm³/mol. The smallest absolute Gasteiger partial charge is 0.266 e. The molecule has 5 N–H and O–H groups in total. The van der Waals surface area contributed by atoms with Crippen LogP contribution in [0.3, 0.4) is 0 Å². The largest absolute Gasteiger partial charge is 0.419 e. The highest BCUT2D eigenvalue weighted by Gasteiger charge is 2.27. The number of hydrazine groups is 2. The lowest BCUT2D eigenvalue weighted by Gasteiger charge is -2.26. The van der Waals surface area contributed by atoms with Crippen LogP contribution in [0.1, 0.15) is 29.1 Å². The van der Waals surface area contributed by atoms with Gasteiger partial charge in [0.25, 0.3) is 5.89 Å². The zero-order valence-corrected chi connectivity index (χ0v) is 18.2. The van der Waals surface area contributed by atoms with Gasteiger partial charge in [0.15, 0.2) is 0 Å². The van der Waals surface area contributed by atoms with Gasteiger partial charge in [0, 0.05) is 19.0 Å². The quantitative estimate of drug-likeness (QED) is 0.387. The number of H-pyrrole nitrogens is 1. The summed E-state index contributed by atoms with van der Waals surface area (Å²) in [6.45, 7) is 3.06. The van der Waals surface area contributed by atoms with Gasteiger partial charge in [0.05, 0.1) is 23.6 Å². The fourth-order valence-corrected chi connectivity index (χ4v) is 4.67. The third kappa shape index (κ3) is 3.80. The minimum atomic E-state index is -0.0464. The number of imidazole rings is 1. The summed E-state index contributed by atoms with van der Waals surface area (Å²) in [5, 5.41) is 11.7. The van der Waals surface area contributed by atoms with Crippen LogP contribution >= 0.6 is 0 Å². The summed E-state index contributed by atoms with van der Waals surface area (Å²) in [6, 6.07) is 8.79. The van der Waals surface area contributed by atoms with Gasteiger partial charge >= 0.3 is 0 Å². The number of hydrogen-bond donors (Lipinski definition) is 5. The number of benzene rings is 1. The van der Waals surface area contributed by atoms with Gasteiger partial charge in [0.2, 0.25) is 17.7 Å². The average molecular weight is 448 g/mol. The van der Waals surface area contributed by atoms with Crippen molar-refractivity contribution in [2.45, 2.75) is 38.6 Å². The first kappa shape index (κ1) is 19.8. The Bertz CT molecular complexity index is 1220. The van der Waals surface area contributed by atoms with E-state index in [4.69, 9.17) is 4.42 Å². The third-order valence-electron chi connectivity index (χ3n) is 6.38. The van der Waals surface area contributed by atoms with Crippen molar-refractivity contribution in [2.75, 3.05) is 18.4 Å². The van der Waals surface area contributed by atoms with Gasteiger partial charge in [-0.2, -0.15) is 5.53 Å². The lowest BCUT2D eigenvalue weighted by atomic mass is 10.1. The van der Waals surface area contributed by atoms with E-state index in [1.807, 2.05) is 6.92 Å². The molecule has 0 spiro atoms. The number of nitrogens with one attached hydrogen (secondary N) is 5. The average Bonchev–Trinajstić information content (AvgIpc) is 3.59. The Morgan fingerprint density at radius 1 is 1.18 bits per heavy atom. The van der Waals surface area contributed by atoms with Gasteiger partial charge in [-0.1, -0.05) is 24.3 Å². The molecule has 0 saturated heterocycles. The molecule has 2 aromatic heterocycles. The predicted octanol–water partition coefficient (Wildman–Crippen LogP) is 0.946. The molecule has 11 nitrogen and oxygen atoms in total. The van der Waals surface area contributed by atoms with E-state index in [1.165, 1.54) is 11.1 Å². The summed E-state index contributed by atoms with van der Waals surface area (Å²) in [5.41, 5.74) is 15.2. The molecule has 11 heteroatoms. The fourth-order valence-electron chi connectivity index (χ4n) is 4.67. The number of aryl methyl sites for hydroxylation is 1. The van der Waals surface area contributed by atoms with E-state index in [2.05, 4.69) is 66.1 Å². The molecule has 3 aromatic rings. The molecule has 0 saturated carbocycles. The molecule has 0 fully saturated rings. The molecule has 1 aromatic carbocycles. The Labute approximate surface area is 190 Å². The van der Waals surface area contributed by atoms with Crippen LogP contribution in [0, 0.1) is 6.92 Å². The van der Waals surface area contributed by atoms with E-state index in [0.717, 1.165) is 36.4 Å². The van der Waals surface area contributed by atoms with Crippen LogP contribution in [0.15, 0.2) is 40.1 Å². The van der Waals surface area contributed by atoms with Gasteiger partial charge in [-0.15, -0.1) is 10.2 Å². The molecule has 33 heavy (non-hydrogen) atoms. The summed E-state index contributed by atoms with van der Waals surface area (Å²) in [5.74, 6) is 1.26. The number of fused-ring (bicyclic) bond motifs is 1. The van der Waals surface area contributed by atoms with Crippen LogP contribution in [0.5, 0.6) is 0 Å². The van der Waals surface area contributed by atoms with Crippen LogP contribution in [0.2, 0.25) is 0 Å². The number of nitrogens with zero attached hydrogens (tertiary/aromatic N) is 4. The highest BCUT2D eigenvalue weighted by molar-refractivity contribution is 5.78. The van der Waals surface area contributed by atoms with Crippen molar-refractivity contribution < 1.29 is 9.21 Å². The monoisotopic (exact) mass is 447 g/mol. The second kappa shape index (κ2) is 7.93. The zero-order chi connectivity index (χ0) is 22.4. The number of aromatic nitrogens is 4. The summed E-state index contributed by atoms with van der Waals surface area (Å²) in [7, 11) is 0. The highest BCUT2D eigenvalue weighted by atomic mass is 16.4. The second-order valence-corrected chi connectivity index (χ2v) is 8.64. The topological polar surface area (TPSA) is 136 Å². The highest BCUT2D eigenvalue weighted by Crippen LogP contribution is 2.26. The third-order valence-corrected chi connectivity index (χ3v) is 6.38. The van der Waals surface area contributed by atoms with Gasteiger partial charge in [0.1, 0.15) is 12.1 Å². The molecule has 170 valence electrons. The van der Waals surface area contributed by atoms with Crippen LogP contribution in [-0.4, -0.2) is 50.1 Å². The van der Waals surface area contributed by atoms with E-state index < -0.39 is 0 Å². The molecule has 0 radical (unpaired) electrons. The Balaban J connectivity index is 1.10. The number of amides is 1. The van der Waals surface area contributed by atoms with E-state index >= 15 is 0 Å². The molecule has 3 aliphatic rings. The maximum atomic E-state index is 12.7. The minimum Gasteiger partial charge on any atom is -0.419 e. The van der Waals surface area contributed by atoms with Crippen LogP contribution in [0.25, 0.3) is 11.6 Å². The van der Waals surface area contributed by atoms with Gasteiger partial charge in [-0.3, -0.25) is 4.79 Å². The summed E-state index contributed by atoms with van der Waals surface area (Å²) in [4.78, 5) is 22.4. The number of hydrogen-bond acceptors (Lipinski definition) is 9. The fraction of sp³-hybridized carbons (Fsp3) is 0.364. The molecule has 0 bridgehead atoms. The molecular formula is C22H25N9O2. The Hall–Kier alpha value is -3.86. The first-order chi connectivity index (χ1) is 16.1. The number of anilines is 1. The van der Waals surface area contributed by atoms with Crippen molar-refractivity contribution in [3.05, 3.63) is 58.4 Å². The van der Waals surface area contributed by atoms with Crippen molar-refractivity contribution in [1.29, 1.82) is 0 Å². The molecule has 6 rings (SSSR count). The zero-order valence-electron chi connectivity index (χ0n) is 18.2. The minimum absolute atomic E-state index is 0.0464. The Morgan fingerprint density at radius 3 is 2.79 bits per heavy atom. The van der Waals surface area contributed by atoms with Crippen molar-refractivity contribution in [3.63, 3.8) is 0 Å². The van der Waals surface area contributed by atoms with E-state index in [0.29, 0.717) is 36.5 Å². The molecule has 0 unspecified atom stereocenters. The van der Waals surface area contributed by atoms with Crippen molar-refractivity contribution in [3.8, 4) is 11.6 Å². The molecule has 1 aliphatic carbocycles. The molecular weight excluding hydrogens is 422 g/mol. The van der Waals surface area contributed by atoms with Gasteiger partial charge < -0.3 is 30.5 Å². The molecule has 1 amide bonds. The summed E-state index contributed by atoms with van der Waals surface area (Å²) in [6.07, 6.45) is 2.77. The number of carbonyl (C=O) groups is 1. The normalized spacial score (nSPS) is 17.5. The van der Waals surface area contributed by atoms with E-state index in [9.17, 15) is 4.79 Å². The van der Waals surface area contributed by atoms with Crippen LogP contribution in [-0.2, 0) is 24.1 Å². The molecule has 2 aliphatic heterocycles. The summed E-state index contributed by atoms with van der Waals surface area (Å²) < 4.78 is 5.81. The maximum absolute atomic E-state index is 12.7. The summed E-state index contributed by atoms with van der Waals surface area (Å²) >= 11 is 0. The second-order valence-electron chi connectivity index (χ2n) is 8.64. The molecule has 0 atom stereocenters. The van der Waals surface area contributed by atoms with Crippen LogP contribution < -0.4 is 21.7 Å². The molecule has 4 heterocycles. The van der Waals surface area contributed by atoms with Gasteiger partial charge in [-0.25, -0.2) is 4.98 Å². The maximum Gasteiger partial charge on any atom is 0.266 e. The number of rotatable bonds is 5. The SMILES string of the molecule is Cc1nc(NC2Cc3ccccc3C2)[nH]c1-c1nnc(CC(=O)N2CCC3=C(C2)NNN3)o1. The number of aromatic amines is 1. The van der Waals surface area contributed by atoms with E-state index in [1.54, 1.807) is 4.90 Å². The van der Waals surface area contributed by atoms with E-state index in [-0.39, 0.29) is 18.4 Å². The van der Waals surface area contributed by atoms with Crippen molar-refractivity contribution >= 4 is 11.9 Å². The Morgan fingerprint density at radius 2 is 1.97 bits per heavy atom. The Kier molecular flexibility index (Phi) is 4.75.